The van der Waals surface area contributed by atoms with Gasteiger partial charge in [-0.05, 0) is 31.9 Å². The quantitative estimate of drug-likeness (QED) is 0.850. The highest BCUT2D eigenvalue weighted by Crippen LogP contribution is 2.24. The molecule has 22 heavy (non-hydrogen) atoms. The average Bonchev–Trinajstić information content (AvgIpc) is 3.18. The molecule has 2 aromatic rings. The van der Waals surface area contributed by atoms with Gasteiger partial charge in [-0.15, -0.1) is 11.3 Å². The third-order valence-corrected chi connectivity index (χ3v) is 4.65. The third kappa shape index (κ3) is 3.56. The first-order chi connectivity index (χ1) is 10.8. The summed E-state index contributed by atoms with van der Waals surface area (Å²) in [4.78, 5) is 18.8. The highest BCUT2D eigenvalue weighted by atomic mass is 32.1. The fourth-order valence-corrected chi connectivity index (χ4v) is 3.49. The second-order valence-electron chi connectivity index (χ2n) is 5.36. The van der Waals surface area contributed by atoms with Crippen LogP contribution in [0.2, 0.25) is 0 Å². The minimum atomic E-state index is 0.126. The predicted molar refractivity (Wildman–Crippen MR) is 84.7 cm³/mol. The molecule has 1 fully saturated rings. The molecule has 3 heterocycles. The SMILES string of the molecule is CCO[C@@H]1CCCN(C(=O)Cc2csc(-c3ccco3)n2)C1. The van der Waals surface area contributed by atoms with Crippen LogP contribution < -0.4 is 0 Å². The summed E-state index contributed by atoms with van der Waals surface area (Å²) < 4.78 is 11.0. The molecular weight excluding hydrogens is 300 g/mol. The molecule has 1 saturated heterocycles. The standard InChI is InChI=1S/C16H20N2O3S/c1-2-20-13-5-3-7-18(10-13)15(19)9-12-11-22-16(17-12)14-6-4-8-21-14/h4,6,8,11,13H,2-3,5,7,9-10H2,1H3/t13-/m1/s1. The van der Waals surface area contributed by atoms with E-state index in [0.717, 1.165) is 35.8 Å². The molecule has 6 heteroatoms. The van der Waals surface area contributed by atoms with Crippen LogP contribution in [-0.4, -0.2) is 41.6 Å². The molecule has 0 saturated carbocycles. The van der Waals surface area contributed by atoms with E-state index < -0.39 is 0 Å². The number of amides is 1. The Balaban J connectivity index is 1.59. The Morgan fingerprint density at radius 1 is 1.59 bits per heavy atom. The molecule has 1 amide bonds. The van der Waals surface area contributed by atoms with E-state index in [2.05, 4.69) is 4.98 Å². The lowest BCUT2D eigenvalue weighted by Gasteiger charge is -2.32. The number of aromatic nitrogens is 1. The summed E-state index contributed by atoms with van der Waals surface area (Å²) in [6.07, 6.45) is 4.19. The van der Waals surface area contributed by atoms with E-state index in [0.29, 0.717) is 19.6 Å². The number of furan rings is 1. The maximum atomic E-state index is 12.4. The maximum Gasteiger partial charge on any atom is 0.228 e. The van der Waals surface area contributed by atoms with Crippen LogP contribution in [0.15, 0.2) is 28.2 Å². The van der Waals surface area contributed by atoms with Gasteiger partial charge in [-0.2, -0.15) is 0 Å². The Hall–Kier alpha value is -1.66. The number of rotatable bonds is 5. The van der Waals surface area contributed by atoms with E-state index in [1.165, 1.54) is 11.3 Å². The van der Waals surface area contributed by atoms with Gasteiger partial charge in [0, 0.05) is 25.1 Å². The highest BCUT2D eigenvalue weighted by molar-refractivity contribution is 7.13. The summed E-state index contributed by atoms with van der Waals surface area (Å²) in [5.41, 5.74) is 0.805. The maximum absolute atomic E-state index is 12.4. The molecule has 2 aromatic heterocycles. The van der Waals surface area contributed by atoms with Crippen LogP contribution in [0, 0.1) is 0 Å². The first-order valence-corrected chi connectivity index (χ1v) is 8.52. The molecule has 0 aromatic carbocycles. The van der Waals surface area contributed by atoms with E-state index in [1.54, 1.807) is 6.26 Å². The van der Waals surface area contributed by atoms with Crippen molar-refractivity contribution in [3.05, 3.63) is 29.5 Å². The summed E-state index contributed by atoms with van der Waals surface area (Å²) in [6, 6.07) is 3.71. The number of hydrogen-bond acceptors (Lipinski definition) is 5. The number of carbonyl (C=O) groups is 1. The van der Waals surface area contributed by atoms with Crippen molar-refractivity contribution in [3.8, 4) is 10.8 Å². The van der Waals surface area contributed by atoms with Gasteiger partial charge in [0.15, 0.2) is 10.8 Å². The van der Waals surface area contributed by atoms with Crippen molar-refractivity contribution in [2.75, 3.05) is 19.7 Å². The molecule has 0 N–H and O–H groups in total. The normalized spacial score (nSPS) is 18.6. The average molecular weight is 320 g/mol. The number of hydrogen-bond donors (Lipinski definition) is 0. The fourth-order valence-electron chi connectivity index (χ4n) is 2.70. The van der Waals surface area contributed by atoms with Gasteiger partial charge in [0.25, 0.3) is 0 Å². The van der Waals surface area contributed by atoms with Gasteiger partial charge in [0.05, 0.1) is 24.5 Å². The number of piperidine rings is 1. The summed E-state index contributed by atoms with van der Waals surface area (Å²) in [6.45, 7) is 4.21. The number of nitrogens with zero attached hydrogens (tertiary/aromatic N) is 2. The van der Waals surface area contributed by atoms with E-state index in [-0.39, 0.29) is 12.0 Å². The van der Waals surface area contributed by atoms with E-state index >= 15 is 0 Å². The Morgan fingerprint density at radius 3 is 3.27 bits per heavy atom. The molecule has 0 bridgehead atoms. The van der Waals surface area contributed by atoms with Gasteiger partial charge >= 0.3 is 0 Å². The van der Waals surface area contributed by atoms with Crippen LogP contribution in [0.3, 0.4) is 0 Å². The van der Waals surface area contributed by atoms with Gasteiger partial charge in [-0.1, -0.05) is 0 Å². The molecule has 5 nitrogen and oxygen atoms in total. The van der Waals surface area contributed by atoms with Crippen molar-refractivity contribution in [3.63, 3.8) is 0 Å². The highest BCUT2D eigenvalue weighted by Gasteiger charge is 2.24. The summed E-state index contributed by atoms with van der Waals surface area (Å²) in [7, 11) is 0. The lowest BCUT2D eigenvalue weighted by atomic mass is 10.1. The van der Waals surface area contributed by atoms with Crippen molar-refractivity contribution >= 4 is 17.2 Å². The largest absolute Gasteiger partial charge is 0.462 e. The van der Waals surface area contributed by atoms with E-state index in [4.69, 9.17) is 9.15 Å². The molecule has 0 unspecified atom stereocenters. The molecule has 1 aliphatic rings. The van der Waals surface area contributed by atoms with Crippen molar-refractivity contribution in [1.29, 1.82) is 0 Å². The minimum Gasteiger partial charge on any atom is -0.462 e. The third-order valence-electron chi connectivity index (χ3n) is 3.75. The van der Waals surface area contributed by atoms with Crippen LogP contribution in [0.4, 0.5) is 0 Å². The van der Waals surface area contributed by atoms with Crippen LogP contribution >= 0.6 is 11.3 Å². The van der Waals surface area contributed by atoms with Crippen LogP contribution in [-0.2, 0) is 16.0 Å². The van der Waals surface area contributed by atoms with Crippen LogP contribution in [0.5, 0.6) is 0 Å². The monoisotopic (exact) mass is 320 g/mol. The van der Waals surface area contributed by atoms with Crippen LogP contribution in [0.25, 0.3) is 10.8 Å². The number of likely N-dealkylation sites (tertiary alicyclic amines) is 1. The summed E-state index contributed by atoms with van der Waals surface area (Å²) >= 11 is 1.50. The van der Waals surface area contributed by atoms with E-state index in [9.17, 15) is 4.79 Å². The zero-order valence-electron chi connectivity index (χ0n) is 12.7. The predicted octanol–water partition coefficient (Wildman–Crippen LogP) is 2.97. The molecule has 1 atom stereocenters. The second kappa shape index (κ2) is 7.07. The Labute approximate surface area is 133 Å². The Kier molecular flexibility index (Phi) is 4.90. The van der Waals surface area contributed by atoms with Gasteiger partial charge in [0.2, 0.25) is 5.91 Å². The number of carbonyl (C=O) groups excluding carboxylic acids is 1. The van der Waals surface area contributed by atoms with Crippen LogP contribution in [0.1, 0.15) is 25.5 Å². The number of ether oxygens (including phenoxy) is 1. The second-order valence-corrected chi connectivity index (χ2v) is 6.22. The molecule has 118 valence electrons. The van der Waals surface area contributed by atoms with Crippen molar-refractivity contribution in [1.82, 2.24) is 9.88 Å². The topological polar surface area (TPSA) is 55.6 Å². The van der Waals surface area contributed by atoms with Gasteiger partial charge in [-0.25, -0.2) is 4.98 Å². The Bertz CT molecular complexity index is 607. The molecule has 1 aliphatic heterocycles. The van der Waals surface area contributed by atoms with E-state index in [1.807, 2.05) is 29.3 Å². The molecule has 0 spiro atoms. The first kappa shape index (κ1) is 15.2. The summed E-state index contributed by atoms with van der Waals surface area (Å²) in [5.74, 6) is 0.874. The molecule has 3 rings (SSSR count). The first-order valence-electron chi connectivity index (χ1n) is 7.64. The van der Waals surface area contributed by atoms with Gasteiger partial charge < -0.3 is 14.1 Å². The number of thiazole rings is 1. The zero-order valence-corrected chi connectivity index (χ0v) is 13.5. The van der Waals surface area contributed by atoms with Gasteiger partial charge in [-0.3, -0.25) is 4.79 Å². The molecular formula is C16H20N2O3S. The lowest BCUT2D eigenvalue weighted by Crippen LogP contribution is -2.43. The minimum absolute atomic E-state index is 0.126. The zero-order chi connectivity index (χ0) is 15.4. The lowest BCUT2D eigenvalue weighted by molar-refractivity contribution is -0.134. The fraction of sp³-hybridized carbons (Fsp3) is 0.500. The van der Waals surface area contributed by atoms with Crippen molar-refractivity contribution in [2.45, 2.75) is 32.3 Å². The van der Waals surface area contributed by atoms with Crippen molar-refractivity contribution in [2.24, 2.45) is 0 Å². The van der Waals surface area contributed by atoms with Crippen molar-refractivity contribution < 1.29 is 13.9 Å². The molecule has 0 radical (unpaired) electrons. The smallest absolute Gasteiger partial charge is 0.228 e. The molecule has 0 aliphatic carbocycles. The van der Waals surface area contributed by atoms with Gasteiger partial charge in [0.1, 0.15) is 0 Å². The summed E-state index contributed by atoms with van der Waals surface area (Å²) in [5, 5.41) is 2.75. The Morgan fingerprint density at radius 2 is 2.50 bits per heavy atom.